The van der Waals surface area contributed by atoms with E-state index >= 15 is 0 Å². The molecule has 3 N–H and O–H groups in total. The molecule has 0 spiro atoms. The highest BCUT2D eigenvalue weighted by atomic mass is 32.1. The van der Waals surface area contributed by atoms with Crippen LogP contribution in [0.2, 0.25) is 0 Å². The van der Waals surface area contributed by atoms with Gasteiger partial charge in [0, 0.05) is 6.54 Å². The van der Waals surface area contributed by atoms with Crippen LogP contribution in [0.25, 0.3) is 0 Å². The van der Waals surface area contributed by atoms with E-state index in [0.29, 0.717) is 27.9 Å². The number of nitrogens with zero attached hydrogens (tertiary/aromatic N) is 1. The van der Waals surface area contributed by atoms with Crippen molar-refractivity contribution in [2.75, 3.05) is 18.2 Å². The SMILES string of the molecule is COc1c(NCc2ccc(F)cc2)sc(C#N)c1N. The minimum atomic E-state index is -0.270. The van der Waals surface area contributed by atoms with Crippen LogP contribution >= 0.6 is 11.3 Å². The topological polar surface area (TPSA) is 71.1 Å². The fraction of sp³-hybridized carbons (Fsp3) is 0.154. The van der Waals surface area contributed by atoms with E-state index in [1.54, 1.807) is 12.1 Å². The van der Waals surface area contributed by atoms with Crippen LogP contribution in [-0.2, 0) is 6.54 Å². The van der Waals surface area contributed by atoms with E-state index in [-0.39, 0.29) is 5.82 Å². The van der Waals surface area contributed by atoms with Crippen LogP contribution in [0.1, 0.15) is 10.4 Å². The molecular weight excluding hydrogens is 265 g/mol. The summed E-state index contributed by atoms with van der Waals surface area (Å²) in [5.74, 6) is 0.206. The van der Waals surface area contributed by atoms with Gasteiger partial charge in [0.2, 0.25) is 0 Å². The minimum Gasteiger partial charge on any atom is -0.492 e. The highest BCUT2D eigenvalue weighted by Gasteiger charge is 2.16. The Kier molecular flexibility index (Phi) is 3.88. The summed E-state index contributed by atoms with van der Waals surface area (Å²) in [5, 5.41) is 12.8. The summed E-state index contributed by atoms with van der Waals surface area (Å²) >= 11 is 1.24. The number of anilines is 2. The van der Waals surface area contributed by atoms with Gasteiger partial charge in [0.25, 0.3) is 0 Å². The van der Waals surface area contributed by atoms with E-state index in [9.17, 15) is 4.39 Å². The van der Waals surface area contributed by atoms with Crippen LogP contribution in [-0.4, -0.2) is 7.11 Å². The molecule has 0 bridgehead atoms. The second kappa shape index (κ2) is 5.59. The van der Waals surface area contributed by atoms with Crippen LogP contribution in [0.15, 0.2) is 24.3 Å². The number of ether oxygens (including phenoxy) is 1. The summed E-state index contributed by atoms with van der Waals surface area (Å²) in [6.07, 6.45) is 0. The summed E-state index contributed by atoms with van der Waals surface area (Å²) in [7, 11) is 1.50. The Labute approximate surface area is 114 Å². The van der Waals surface area contributed by atoms with Gasteiger partial charge < -0.3 is 15.8 Å². The molecule has 0 unspecified atom stereocenters. The van der Waals surface area contributed by atoms with Crippen LogP contribution in [0.5, 0.6) is 5.75 Å². The van der Waals surface area contributed by atoms with Gasteiger partial charge in [0.1, 0.15) is 27.5 Å². The lowest BCUT2D eigenvalue weighted by molar-refractivity contribution is 0.420. The molecule has 0 atom stereocenters. The van der Waals surface area contributed by atoms with Gasteiger partial charge in [-0.05, 0) is 17.7 Å². The van der Waals surface area contributed by atoms with Crippen molar-refractivity contribution in [2.45, 2.75) is 6.54 Å². The van der Waals surface area contributed by atoms with Crippen molar-refractivity contribution in [3.63, 3.8) is 0 Å². The van der Waals surface area contributed by atoms with Crippen molar-refractivity contribution in [3.05, 3.63) is 40.5 Å². The second-order valence-corrected chi connectivity index (χ2v) is 4.82. The minimum absolute atomic E-state index is 0.270. The largest absolute Gasteiger partial charge is 0.492 e. The lowest BCUT2D eigenvalue weighted by atomic mass is 10.2. The quantitative estimate of drug-likeness (QED) is 0.901. The molecular formula is C13H12FN3OS. The maximum atomic E-state index is 12.8. The standard InChI is InChI=1S/C13H12FN3OS/c1-18-12-11(16)10(6-15)19-13(12)17-7-8-2-4-9(14)5-3-8/h2-5,17H,7,16H2,1H3. The van der Waals surface area contributed by atoms with Gasteiger partial charge in [-0.3, -0.25) is 0 Å². The number of methoxy groups -OCH3 is 1. The third kappa shape index (κ3) is 2.77. The molecule has 0 saturated heterocycles. The Morgan fingerprint density at radius 2 is 2.11 bits per heavy atom. The number of benzene rings is 1. The van der Waals surface area contributed by atoms with Crippen molar-refractivity contribution < 1.29 is 9.13 Å². The van der Waals surface area contributed by atoms with Gasteiger partial charge in [-0.2, -0.15) is 5.26 Å². The highest BCUT2D eigenvalue weighted by molar-refractivity contribution is 7.17. The molecule has 19 heavy (non-hydrogen) atoms. The molecule has 0 aliphatic carbocycles. The summed E-state index contributed by atoms with van der Waals surface area (Å²) < 4.78 is 18.0. The molecule has 0 radical (unpaired) electrons. The molecule has 0 aliphatic rings. The van der Waals surface area contributed by atoms with E-state index in [0.717, 1.165) is 5.56 Å². The van der Waals surface area contributed by atoms with Gasteiger partial charge in [0.05, 0.1) is 7.11 Å². The van der Waals surface area contributed by atoms with Gasteiger partial charge >= 0.3 is 0 Å². The number of hydrogen-bond donors (Lipinski definition) is 2. The molecule has 1 aromatic heterocycles. The summed E-state index contributed by atoms with van der Waals surface area (Å²) in [5.41, 5.74) is 7.06. The van der Waals surface area contributed by atoms with E-state index < -0.39 is 0 Å². The van der Waals surface area contributed by atoms with Gasteiger partial charge in [-0.15, -0.1) is 11.3 Å². The zero-order valence-corrected chi connectivity index (χ0v) is 11.1. The molecule has 4 nitrogen and oxygen atoms in total. The first-order valence-electron chi connectivity index (χ1n) is 5.50. The van der Waals surface area contributed by atoms with Gasteiger partial charge in [0.15, 0.2) is 5.75 Å². The first-order chi connectivity index (χ1) is 9.15. The highest BCUT2D eigenvalue weighted by Crippen LogP contribution is 2.42. The Morgan fingerprint density at radius 3 is 2.68 bits per heavy atom. The molecule has 98 valence electrons. The number of nitrogens with two attached hydrogens (primary N) is 1. The summed E-state index contributed by atoms with van der Waals surface area (Å²) in [4.78, 5) is 0.415. The monoisotopic (exact) mass is 277 g/mol. The van der Waals surface area contributed by atoms with Gasteiger partial charge in [-0.1, -0.05) is 12.1 Å². The van der Waals surface area contributed by atoms with Gasteiger partial charge in [-0.25, -0.2) is 4.39 Å². The summed E-state index contributed by atoms with van der Waals surface area (Å²) in [6.45, 7) is 0.501. The molecule has 1 heterocycles. The van der Waals surface area contributed by atoms with Crippen molar-refractivity contribution in [2.24, 2.45) is 0 Å². The smallest absolute Gasteiger partial charge is 0.177 e. The Morgan fingerprint density at radius 1 is 1.42 bits per heavy atom. The summed E-state index contributed by atoms with van der Waals surface area (Å²) in [6, 6.07) is 8.20. The Bertz CT molecular complexity index is 616. The molecule has 2 rings (SSSR count). The molecule has 2 aromatic rings. The van der Waals surface area contributed by atoms with Crippen LogP contribution in [0, 0.1) is 17.1 Å². The van der Waals surface area contributed by atoms with Crippen molar-refractivity contribution >= 4 is 22.0 Å². The molecule has 6 heteroatoms. The number of hydrogen-bond acceptors (Lipinski definition) is 5. The van der Waals surface area contributed by atoms with E-state index in [1.165, 1.54) is 30.6 Å². The maximum Gasteiger partial charge on any atom is 0.177 e. The predicted octanol–water partition coefficient (Wildman–Crippen LogP) is 2.96. The lowest BCUT2D eigenvalue weighted by Gasteiger charge is -2.07. The molecule has 0 aliphatic heterocycles. The van der Waals surface area contributed by atoms with E-state index in [4.69, 9.17) is 15.7 Å². The zero-order valence-electron chi connectivity index (χ0n) is 10.2. The normalized spacial score (nSPS) is 9.95. The third-order valence-corrected chi connectivity index (χ3v) is 3.62. The third-order valence-electron chi connectivity index (χ3n) is 2.57. The fourth-order valence-corrected chi connectivity index (χ4v) is 2.50. The molecule has 0 amide bonds. The van der Waals surface area contributed by atoms with E-state index in [1.807, 2.05) is 6.07 Å². The first kappa shape index (κ1) is 13.2. The van der Waals surface area contributed by atoms with Crippen molar-refractivity contribution in [3.8, 4) is 11.8 Å². The van der Waals surface area contributed by atoms with Crippen LogP contribution < -0.4 is 15.8 Å². The average Bonchev–Trinajstić information content (AvgIpc) is 2.73. The molecule has 1 aromatic carbocycles. The van der Waals surface area contributed by atoms with Crippen molar-refractivity contribution in [1.82, 2.24) is 0 Å². The lowest BCUT2D eigenvalue weighted by Crippen LogP contribution is -1.99. The van der Waals surface area contributed by atoms with Crippen LogP contribution in [0.3, 0.4) is 0 Å². The zero-order chi connectivity index (χ0) is 13.8. The second-order valence-electron chi connectivity index (χ2n) is 3.80. The molecule has 0 fully saturated rings. The van der Waals surface area contributed by atoms with E-state index in [2.05, 4.69) is 5.32 Å². The predicted molar refractivity (Wildman–Crippen MR) is 73.7 cm³/mol. The number of rotatable bonds is 4. The number of thiophene rings is 1. The first-order valence-corrected chi connectivity index (χ1v) is 6.32. The maximum absolute atomic E-state index is 12.8. The number of nitriles is 1. The van der Waals surface area contributed by atoms with Crippen LogP contribution in [0.4, 0.5) is 15.1 Å². The number of halogens is 1. The van der Waals surface area contributed by atoms with Crippen molar-refractivity contribution in [1.29, 1.82) is 5.26 Å². The number of nitrogen functional groups attached to an aromatic ring is 1. The molecule has 0 saturated carbocycles. The average molecular weight is 277 g/mol. The fourth-order valence-electron chi connectivity index (χ4n) is 1.62. The number of nitrogens with one attached hydrogen (secondary N) is 1. The Hall–Kier alpha value is -2.26. The Balaban J connectivity index is 2.15.